The lowest BCUT2D eigenvalue weighted by molar-refractivity contribution is -0.726. The third-order valence-corrected chi connectivity index (χ3v) is 4.67. The van der Waals surface area contributed by atoms with Gasteiger partial charge in [-0.3, -0.25) is 4.79 Å². The van der Waals surface area contributed by atoms with Crippen LogP contribution >= 0.6 is 0 Å². The van der Waals surface area contributed by atoms with Crippen LogP contribution in [0.15, 0.2) is 42.9 Å². The topological polar surface area (TPSA) is 61.4 Å². The molecule has 3 rings (SSSR count). The second-order valence-electron chi connectivity index (χ2n) is 6.40. The number of nitrogens with zero attached hydrogens (tertiary/aromatic N) is 2. The maximum absolute atomic E-state index is 12.0. The number of aromatic nitrogens is 2. The van der Waals surface area contributed by atoms with Gasteiger partial charge in [0.2, 0.25) is 13.1 Å². The summed E-state index contributed by atoms with van der Waals surface area (Å²) in [6.07, 6.45) is 5.39. The molecule has 0 bridgehead atoms. The standard InChI is InChI=1S/C19H23N2O4/c1-3-17-15(11-24-19(17)23)9-16-10-21(12-20(16)2)13-25-18(22)14-7-5-4-6-8-14/h4-8,10,12,15,17H,3,9,11,13H2,1-2H3/q+1/t15-,17-/m0/s1. The molecule has 0 aliphatic carbocycles. The van der Waals surface area contributed by atoms with Gasteiger partial charge in [0.15, 0.2) is 0 Å². The van der Waals surface area contributed by atoms with E-state index >= 15 is 0 Å². The first kappa shape index (κ1) is 17.2. The lowest BCUT2D eigenvalue weighted by atomic mass is 9.89. The molecule has 6 heteroatoms. The molecule has 2 atom stereocenters. The summed E-state index contributed by atoms with van der Waals surface area (Å²) >= 11 is 0. The second kappa shape index (κ2) is 7.51. The van der Waals surface area contributed by atoms with Crippen LogP contribution in [0.3, 0.4) is 0 Å². The molecule has 1 fully saturated rings. The highest BCUT2D eigenvalue weighted by atomic mass is 16.5. The predicted octanol–water partition coefficient (Wildman–Crippen LogP) is 1.87. The second-order valence-corrected chi connectivity index (χ2v) is 6.40. The molecule has 1 aromatic heterocycles. The maximum atomic E-state index is 12.0. The Balaban J connectivity index is 1.61. The summed E-state index contributed by atoms with van der Waals surface area (Å²) in [5.41, 5.74) is 1.61. The molecule has 1 aromatic carbocycles. The first-order chi connectivity index (χ1) is 12.1. The lowest BCUT2D eigenvalue weighted by Gasteiger charge is -2.10. The number of carbonyl (C=O) groups is 2. The highest BCUT2D eigenvalue weighted by Gasteiger charge is 2.36. The van der Waals surface area contributed by atoms with Gasteiger partial charge in [0.1, 0.15) is 11.9 Å². The number of imidazole rings is 1. The molecule has 1 aliphatic rings. The van der Waals surface area contributed by atoms with Gasteiger partial charge in [-0.2, -0.15) is 0 Å². The molecule has 1 aliphatic heterocycles. The van der Waals surface area contributed by atoms with Gasteiger partial charge in [0.05, 0.1) is 25.1 Å². The van der Waals surface area contributed by atoms with Gasteiger partial charge in [-0.05, 0) is 18.6 Å². The van der Waals surface area contributed by atoms with E-state index in [1.807, 2.05) is 41.7 Å². The molecule has 2 heterocycles. The quantitative estimate of drug-likeness (QED) is 0.593. The van der Waals surface area contributed by atoms with Gasteiger partial charge in [-0.1, -0.05) is 25.1 Å². The van der Waals surface area contributed by atoms with Crippen molar-refractivity contribution in [3.63, 3.8) is 0 Å². The van der Waals surface area contributed by atoms with Crippen molar-refractivity contribution in [1.82, 2.24) is 4.57 Å². The van der Waals surface area contributed by atoms with Crippen LogP contribution in [0.25, 0.3) is 0 Å². The summed E-state index contributed by atoms with van der Waals surface area (Å²) in [5, 5.41) is 0. The SMILES string of the molecule is CC[C@@H]1C(=O)OC[C@@H]1Cc1c[n+](COC(=O)c2ccccc2)cn1C. The molecule has 0 N–H and O–H groups in total. The van der Waals surface area contributed by atoms with Crippen molar-refractivity contribution in [3.8, 4) is 0 Å². The molecular weight excluding hydrogens is 320 g/mol. The third-order valence-electron chi connectivity index (χ3n) is 4.67. The van der Waals surface area contributed by atoms with Crippen LogP contribution in [0.5, 0.6) is 0 Å². The van der Waals surface area contributed by atoms with Crippen molar-refractivity contribution >= 4 is 11.9 Å². The zero-order valence-corrected chi connectivity index (χ0v) is 14.6. The van der Waals surface area contributed by atoms with Crippen LogP contribution in [0, 0.1) is 11.8 Å². The van der Waals surface area contributed by atoms with E-state index in [4.69, 9.17) is 9.47 Å². The average Bonchev–Trinajstić information content (AvgIpc) is 3.16. The largest absolute Gasteiger partial charge is 0.465 e. The Morgan fingerprint density at radius 2 is 2.12 bits per heavy atom. The molecule has 1 saturated heterocycles. The van der Waals surface area contributed by atoms with Crippen LogP contribution in [0.4, 0.5) is 0 Å². The zero-order chi connectivity index (χ0) is 17.8. The van der Waals surface area contributed by atoms with E-state index in [0.717, 1.165) is 18.5 Å². The molecule has 0 unspecified atom stereocenters. The summed E-state index contributed by atoms with van der Waals surface area (Å²) in [6, 6.07) is 8.92. The van der Waals surface area contributed by atoms with Crippen molar-refractivity contribution in [2.45, 2.75) is 26.5 Å². The Kier molecular flexibility index (Phi) is 5.16. The number of cyclic esters (lactones) is 1. The Morgan fingerprint density at radius 1 is 1.36 bits per heavy atom. The summed E-state index contributed by atoms with van der Waals surface area (Å²) in [7, 11) is 1.95. The number of carbonyl (C=O) groups excluding carboxylic acids is 2. The first-order valence-corrected chi connectivity index (χ1v) is 8.51. The van der Waals surface area contributed by atoms with E-state index in [9.17, 15) is 9.59 Å². The van der Waals surface area contributed by atoms with Crippen LogP contribution in [0.2, 0.25) is 0 Å². The van der Waals surface area contributed by atoms with Gasteiger partial charge < -0.3 is 9.47 Å². The van der Waals surface area contributed by atoms with Crippen LogP contribution in [-0.4, -0.2) is 23.1 Å². The summed E-state index contributed by atoms with van der Waals surface area (Å²) < 4.78 is 14.4. The van der Waals surface area contributed by atoms with Crippen molar-refractivity contribution in [2.24, 2.45) is 18.9 Å². The monoisotopic (exact) mass is 343 g/mol. The Hall–Kier alpha value is -2.63. The van der Waals surface area contributed by atoms with Gasteiger partial charge in [-0.15, -0.1) is 0 Å². The molecular formula is C19H23N2O4+. The van der Waals surface area contributed by atoms with Gasteiger partial charge in [-0.25, -0.2) is 13.9 Å². The number of rotatable bonds is 6. The first-order valence-electron chi connectivity index (χ1n) is 8.51. The highest BCUT2D eigenvalue weighted by Crippen LogP contribution is 2.27. The third kappa shape index (κ3) is 3.90. The predicted molar refractivity (Wildman–Crippen MR) is 89.4 cm³/mol. The number of esters is 2. The van der Waals surface area contributed by atoms with E-state index in [1.54, 1.807) is 24.3 Å². The number of hydrogen-bond acceptors (Lipinski definition) is 4. The Labute approximate surface area is 147 Å². The molecule has 0 saturated carbocycles. The van der Waals surface area contributed by atoms with Crippen molar-refractivity contribution in [2.75, 3.05) is 6.61 Å². The minimum atomic E-state index is -0.348. The van der Waals surface area contributed by atoms with Crippen molar-refractivity contribution in [1.29, 1.82) is 0 Å². The average molecular weight is 343 g/mol. The van der Waals surface area contributed by atoms with Crippen LogP contribution in [0.1, 0.15) is 29.4 Å². The van der Waals surface area contributed by atoms with E-state index in [1.165, 1.54) is 0 Å². The van der Waals surface area contributed by atoms with Crippen LogP contribution in [-0.2, 0) is 34.5 Å². The van der Waals surface area contributed by atoms with E-state index < -0.39 is 0 Å². The fraction of sp³-hybridized carbons (Fsp3) is 0.421. The fourth-order valence-corrected chi connectivity index (χ4v) is 3.25. The van der Waals surface area contributed by atoms with Crippen molar-refractivity contribution < 1.29 is 23.6 Å². The highest BCUT2D eigenvalue weighted by molar-refractivity contribution is 5.89. The number of benzene rings is 1. The van der Waals surface area contributed by atoms with Gasteiger partial charge >= 0.3 is 11.9 Å². The maximum Gasteiger partial charge on any atom is 0.341 e. The summed E-state index contributed by atoms with van der Waals surface area (Å²) in [6.45, 7) is 2.64. The lowest BCUT2D eigenvalue weighted by Crippen LogP contribution is -2.34. The van der Waals surface area contributed by atoms with Crippen LogP contribution < -0.4 is 4.57 Å². The molecule has 0 spiro atoms. The molecule has 6 nitrogen and oxygen atoms in total. The van der Waals surface area contributed by atoms with Gasteiger partial charge in [0, 0.05) is 12.3 Å². The summed E-state index contributed by atoms with van der Waals surface area (Å²) in [4.78, 5) is 23.7. The smallest absolute Gasteiger partial charge is 0.341 e. The molecule has 0 radical (unpaired) electrons. The van der Waals surface area contributed by atoms with Crippen molar-refractivity contribution in [3.05, 3.63) is 54.1 Å². The zero-order valence-electron chi connectivity index (χ0n) is 14.6. The Morgan fingerprint density at radius 3 is 2.84 bits per heavy atom. The van der Waals surface area contributed by atoms with E-state index in [2.05, 4.69) is 0 Å². The molecule has 25 heavy (non-hydrogen) atoms. The summed E-state index contributed by atoms with van der Waals surface area (Å²) in [5.74, 6) is -0.267. The van der Waals surface area contributed by atoms with Gasteiger partial charge in [0.25, 0.3) is 0 Å². The van der Waals surface area contributed by atoms with E-state index in [-0.39, 0.29) is 30.5 Å². The fourth-order valence-electron chi connectivity index (χ4n) is 3.25. The Bertz CT molecular complexity index is 754. The number of hydrogen-bond donors (Lipinski definition) is 0. The van der Waals surface area contributed by atoms with E-state index in [0.29, 0.717) is 12.2 Å². The number of aryl methyl sites for hydroxylation is 1. The minimum absolute atomic E-state index is 0.0285. The molecule has 0 amide bonds. The number of ether oxygens (including phenoxy) is 2. The minimum Gasteiger partial charge on any atom is -0.465 e. The molecule has 132 valence electrons. The molecule has 2 aromatic rings. The normalized spacial score (nSPS) is 19.7.